The lowest BCUT2D eigenvalue weighted by atomic mass is 10.1. The second kappa shape index (κ2) is 7.52. The highest BCUT2D eigenvalue weighted by Crippen LogP contribution is 2.21. The summed E-state index contributed by atoms with van der Waals surface area (Å²) in [7, 11) is 0. The first-order chi connectivity index (χ1) is 11.2. The Bertz CT molecular complexity index is 587. The molecule has 23 heavy (non-hydrogen) atoms. The molecule has 2 fully saturated rings. The second-order valence-electron chi connectivity index (χ2n) is 6.62. The number of hydrogen-bond acceptors (Lipinski definition) is 2. The monoisotopic (exact) mass is 311 g/mol. The first-order valence-corrected chi connectivity index (χ1v) is 8.59. The van der Waals surface area contributed by atoms with Gasteiger partial charge in [-0.15, -0.1) is 6.42 Å². The molecule has 2 aliphatic heterocycles. The Hall–Kier alpha value is -1.99. The van der Waals surface area contributed by atoms with E-state index in [4.69, 9.17) is 6.42 Å². The number of carbonyl (C=O) groups is 1. The second-order valence-corrected chi connectivity index (χ2v) is 6.62. The Morgan fingerprint density at radius 2 is 2.09 bits per heavy atom. The molecule has 1 atom stereocenters. The van der Waals surface area contributed by atoms with Gasteiger partial charge in [0.2, 0.25) is 0 Å². The molecule has 122 valence electrons. The van der Waals surface area contributed by atoms with Crippen LogP contribution in [-0.2, 0) is 0 Å². The van der Waals surface area contributed by atoms with Crippen LogP contribution in [0.1, 0.15) is 31.2 Å². The maximum atomic E-state index is 12.4. The molecular formula is C19H25N3O. The molecule has 0 radical (unpaired) electrons. The minimum absolute atomic E-state index is 0.0136. The van der Waals surface area contributed by atoms with E-state index < -0.39 is 0 Å². The fraction of sp³-hybridized carbons (Fsp3) is 0.526. The van der Waals surface area contributed by atoms with E-state index in [9.17, 15) is 4.79 Å². The molecule has 1 aromatic carbocycles. The average molecular weight is 311 g/mol. The number of rotatable bonds is 3. The zero-order chi connectivity index (χ0) is 16.1. The summed E-state index contributed by atoms with van der Waals surface area (Å²) >= 11 is 0. The van der Waals surface area contributed by atoms with Gasteiger partial charge in [0.05, 0.1) is 0 Å². The van der Waals surface area contributed by atoms with Gasteiger partial charge in [0.1, 0.15) is 0 Å². The first-order valence-electron chi connectivity index (χ1n) is 8.59. The van der Waals surface area contributed by atoms with Crippen LogP contribution in [0.3, 0.4) is 0 Å². The number of carbonyl (C=O) groups excluding carboxylic acids is 1. The number of likely N-dealkylation sites (tertiary alicyclic amines) is 2. The largest absolute Gasteiger partial charge is 0.324 e. The van der Waals surface area contributed by atoms with E-state index >= 15 is 0 Å². The van der Waals surface area contributed by atoms with Gasteiger partial charge in [-0.2, -0.15) is 0 Å². The summed E-state index contributed by atoms with van der Waals surface area (Å²) in [5.41, 5.74) is 1.55. The Balaban J connectivity index is 1.49. The zero-order valence-electron chi connectivity index (χ0n) is 13.6. The molecule has 3 rings (SSSR count). The number of hydrogen-bond donors (Lipinski definition) is 1. The molecule has 2 heterocycles. The van der Waals surface area contributed by atoms with E-state index in [0.29, 0.717) is 5.92 Å². The Morgan fingerprint density at radius 3 is 2.87 bits per heavy atom. The molecule has 4 nitrogen and oxygen atoms in total. The van der Waals surface area contributed by atoms with Crippen molar-refractivity contribution in [3.8, 4) is 12.3 Å². The molecule has 2 saturated heterocycles. The van der Waals surface area contributed by atoms with E-state index in [1.54, 1.807) is 0 Å². The van der Waals surface area contributed by atoms with E-state index in [0.717, 1.165) is 37.3 Å². The van der Waals surface area contributed by atoms with Crippen molar-refractivity contribution in [3.63, 3.8) is 0 Å². The van der Waals surface area contributed by atoms with Crippen LogP contribution in [0.15, 0.2) is 24.3 Å². The van der Waals surface area contributed by atoms with Gasteiger partial charge in [-0.3, -0.25) is 0 Å². The van der Waals surface area contributed by atoms with Crippen LogP contribution in [0.5, 0.6) is 0 Å². The van der Waals surface area contributed by atoms with Crippen LogP contribution in [0, 0.1) is 18.3 Å². The summed E-state index contributed by atoms with van der Waals surface area (Å²) in [6.07, 6.45) is 10.5. The third-order valence-electron chi connectivity index (χ3n) is 4.82. The van der Waals surface area contributed by atoms with Crippen LogP contribution in [0.2, 0.25) is 0 Å². The number of amides is 2. The highest BCUT2D eigenvalue weighted by molar-refractivity contribution is 5.89. The summed E-state index contributed by atoms with van der Waals surface area (Å²) in [4.78, 5) is 16.9. The number of piperidine rings is 1. The number of urea groups is 1. The van der Waals surface area contributed by atoms with Gasteiger partial charge in [0.25, 0.3) is 0 Å². The normalized spacial score (nSPS) is 21.9. The lowest BCUT2D eigenvalue weighted by Crippen LogP contribution is -2.37. The standard InChI is InChI=1S/C19H25N3O/c1-2-16-7-6-8-18(13-16)20-19(23)22-12-9-17(15-22)14-21-10-4-3-5-11-21/h1,6-8,13,17H,3-5,9-12,14-15H2,(H,20,23)/t17-/m1/s1. The molecule has 0 bridgehead atoms. The third kappa shape index (κ3) is 4.27. The minimum atomic E-state index is -0.0136. The van der Waals surface area contributed by atoms with Crippen molar-refractivity contribution >= 4 is 11.7 Å². The highest BCUT2D eigenvalue weighted by atomic mass is 16.2. The Labute approximate surface area is 138 Å². The van der Waals surface area contributed by atoms with Crippen LogP contribution >= 0.6 is 0 Å². The number of benzene rings is 1. The van der Waals surface area contributed by atoms with Crippen molar-refractivity contribution in [2.45, 2.75) is 25.7 Å². The fourth-order valence-corrected chi connectivity index (χ4v) is 3.56. The Morgan fingerprint density at radius 1 is 1.26 bits per heavy atom. The lowest BCUT2D eigenvalue weighted by molar-refractivity contribution is 0.192. The summed E-state index contributed by atoms with van der Waals surface area (Å²) < 4.78 is 0. The fourth-order valence-electron chi connectivity index (χ4n) is 3.56. The molecule has 1 N–H and O–H groups in total. The van der Waals surface area contributed by atoms with Crippen molar-refractivity contribution in [2.75, 3.05) is 38.0 Å². The van der Waals surface area contributed by atoms with Crippen LogP contribution < -0.4 is 5.32 Å². The average Bonchev–Trinajstić information content (AvgIpc) is 3.04. The number of anilines is 1. The van der Waals surface area contributed by atoms with Crippen molar-refractivity contribution in [2.24, 2.45) is 5.92 Å². The van der Waals surface area contributed by atoms with Gasteiger partial charge < -0.3 is 15.1 Å². The van der Waals surface area contributed by atoms with E-state index in [1.165, 1.54) is 32.4 Å². The molecular weight excluding hydrogens is 286 g/mol. The molecule has 0 saturated carbocycles. The summed E-state index contributed by atoms with van der Waals surface area (Å²) in [6.45, 7) is 5.29. The van der Waals surface area contributed by atoms with Crippen LogP contribution in [0.25, 0.3) is 0 Å². The van der Waals surface area contributed by atoms with Crippen molar-refractivity contribution < 1.29 is 4.79 Å². The third-order valence-corrected chi connectivity index (χ3v) is 4.82. The molecule has 0 aliphatic carbocycles. The van der Waals surface area contributed by atoms with Gasteiger partial charge >= 0.3 is 6.03 Å². The number of terminal acetylenes is 1. The maximum Gasteiger partial charge on any atom is 0.321 e. The lowest BCUT2D eigenvalue weighted by Gasteiger charge is -2.29. The predicted molar refractivity (Wildman–Crippen MR) is 93.4 cm³/mol. The van der Waals surface area contributed by atoms with Crippen molar-refractivity contribution in [1.29, 1.82) is 0 Å². The van der Waals surface area contributed by atoms with Crippen molar-refractivity contribution in [1.82, 2.24) is 9.80 Å². The van der Waals surface area contributed by atoms with Crippen LogP contribution in [0.4, 0.5) is 10.5 Å². The number of nitrogens with zero attached hydrogens (tertiary/aromatic N) is 2. The van der Waals surface area contributed by atoms with Gasteiger partial charge in [0.15, 0.2) is 0 Å². The minimum Gasteiger partial charge on any atom is -0.324 e. The SMILES string of the molecule is C#Cc1cccc(NC(=O)N2CC[C@H](CN3CCCCC3)C2)c1. The van der Waals surface area contributed by atoms with Gasteiger partial charge in [-0.05, 0) is 56.5 Å². The van der Waals surface area contributed by atoms with Crippen molar-refractivity contribution in [3.05, 3.63) is 29.8 Å². The number of nitrogens with one attached hydrogen (secondary N) is 1. The van der Waals surface area contributed by atoms with Gasteiger partial charge in [-0.25, -0.2) is 4.79 Å². The summed E-state index contributed by atoms with van der Waals surface area (Å²) in [5.74, 6) is 3.20. The zero-order valence-corrected chi connectivity index (χ0v) is 13.6. The van der Waals surface area contributed by atoms with E-state index in [2.05, 4.69) is 16.1 Å². The summed E-state index contributed by atoms with van der Waals surface area (Å²) in [5, 5.41) is 2.96. The summed E-state index contributed by atoms with van der Waals surface area (Å²) in [6, 6.07) is 7.42. The topological polar surface area (TPSA) is 35.6 Å². The Kier molecular flexibility index (Phi) is 5.19. The van der Waals surface area contributed by atoms with E-state index in [1.807, 2.05) is 29.2 Å². The predicted octanol–water partition coefficient (Wildman–Crippen LogP) is 3.01. The molecule has 2 amide bonds. The molecule has 1 aromatic rings. The molecule has 0 aromatic heterocycles. The van der Waals surface area contributed by atoms with Gasteiger partial charge in [0, 0.05) is 30.9 Å². The van der Waals surface area contributed by atoms with Gasteiger partial charge in [-0.1, -0.05) is 18.4 Å². The molecule has 0 unspecified atom stereocenters. The van der Waals surface area contributed by atoms with E-state index in [-0.39, 0.29) is 6.03 Å². The molecule has 4 heteroatoms. The van der Waals surface area contributed by atoms with Crippen LogP contribution in [-0.4, -0.2) is 48.6 Å². The first kappa shape index (κ1) is 15.9. The maximum absolute atomic E-state index is 12.4. The highest BCUT2D eigenvalue weighted by Gasteiger charge is 2.28. The molecule has 0 spiro atoms. The molecule has 2 aliphatic rings. The smallest absolute Gasteiger partial charge is 0.321 e. The quantitative estimate of drug-likeness (QED) is 0.871.